The minimum atomic E-state index is -0.193. The SMILES string of the molecule is COc1cc(C(CCO)c2cc(O)ccc2OC)ccc1O. The van der Waals surface area contributed by atoms with Gasteiger partial charge in [-0.25, -0.2) is 0 Å². The Kier molecular flexibility index (Phi) is 5.12. The Morgan fingerprint density at radius 3 is 2.32 bits per heavy atom. The molecule has 118 valence electrons. The summed E-state index contributed by atoms with van der Waals surface area (Å²) in [6.45, 7) is -0.0212. The molecule has 0 saturated heterocycles. The van der Waals surface area contributed by atoms with Crippen LogP contribution < -0.4 is 9.47 Å². The normalized spacial score (nSPS) is 12.0. The van der Waals surface area contributed by atoms with Crippen LogP contribution >= 0.6 is 0 Å². The molecule has 2 rings (SSSR count). The second kappa shape index (κ2) is 7.04. The van der Waals surface area contributed by atoms with Gasteiger partial charge in [-0.3, -0.25) is 0 Å². The third-order valence-corrected chi connectivity index (χ3v) is 3.61. The fourth-order valence-corrected chi connectivity index (χ4v) is 2.54. The molecule has 0 aliphatic rings. The Labute approximate surface area is 129 Å². The van der Waals surface area contributed by atoms with Gasteiger partial charge in [-0.1, -0.05) is 6.07 Å². The average Bonchev–Trinajstić information content (AvgIpc) is 2.53. The molecule has 0 spiro atoms. The number of aromatic hydroxyl groups is 2. The van der Waals surface area contributed by atoms with Gasteiger partial charge in [-0.2, -0.15) is 0 Å². The molecule has 3 N–H and O–H groups in total. The lowest BCUT2D eigenvalue weighted by Gasteiger charge is -2.20. The molecule has 0 aliphatic carbocycles. The molecule has 0 fully saturated rings. The zero-order chi connectivity index (χ0) is 16.1. The lowest BCUT2D eigenvalue weighted by molar-refractivity contribution is 0.280. The summed E-state index contributed by atoms with van der Waals surface area (Å²) in [7, 11) is 3.04. The van der Waals surface area contributed by atoms with Crippen LogP contribution in [0.25, 0.3) is 0 Å². The first-order valence-corrected chi connectivity index (χ1v) is 6.95. The highest BCUT2D eigenvalue weighted by Crippen LogP contribution is 2.39. The van der Waals surface area contributed by atoms with Gasteiger partial charge in [0.25, 0.3) is 0 Å². The number of benzene rings is 2. The molecule has 0 heterocycles. The van der Waals surface area contributed by atoms with Crippen LogP contribution in [-0.2, 0) is 0 Å². The van der Waals surface area contributed by atoms with Gasteiger partial charge in [0.2, 0.25) is 0 Å². The highest BCUT2D eigenvalue weighted by molar-refractivity contribution is 5.49. The summed E-state index contributed by atoms with van der Waals surface area (Å²) in [4.78, 5) is 0. The van der Waals surface area contributed by atoms with Crippen molar-refractivity contribution in [2.24, 2.45) is 0 Å². The Balaban J connectivity index is 2.53. The monoisotopic (exact) mass is 304 g/mol. The van der Waals surface area contributed by atoms with E-state index in [-0.39, 0.29) is 24.0 Å². The van der Waals surface area contributed by atoms with E-state index in [1.54, 1.807) is 43.5 Å². The van der Waals surface area contributed by atoms with Crippen LogP contribution in [0.15, 0.2) is 36.4 Å². The number of ether oxygens (including phenoxy) is 2. The highest BCUT2D eigenvalue weighted by Gasteiger charge is 2.20. The van der Waals surface area contributed by atoms with E-state index in [0.717, 1.165) is 11.1 Å². The first-order chi connectivity index (χ1) is 10.6. The summed E-state index contributed by atoms with van der Waals surface area (Å²) >= 11 is 0. The average molecular weight is 304 g/mol. The van der Waals surface area contributed by atoms with Crippen LogP contribution in [-0.4, -0.2) is 36.1 Å². The van der Waals surface area contributed by atoms with Gasteiger partial charge >= 0.3 is 0 Å². The van der Waals surface area contributed by atoms with Crippen LogP contribution in [0.5, 0.6) is 23.0 Å². The summed E-state index contributed by atoms with van der Waals surface area (Å²) in [5.41, 5.74) is 1.62. The van der Waals surface area contributed by atoms with Crippen molar-refractivity contribution in [1.29, 1.82) is 0 Å². The van der Waals surface area contributed by atoms with Crippen LogP contribution in [0.3, 0.4) is 0 Å². The molecule has 0 bridgehead atoms. The topological polar surface area (TPSA) is 79.2 Å². The molecule has 2 aromatic rings. The summed E-state index contributed by atoms with van der Waals surface area (Å²) < 4.78 is 10.5. The molecule has 5 heteroatoms. The van der Waals surface area contributed by atoms with E-state index in [0.29, 0.717) is 17.9 Å². The van der Waals surface area contributed by atoms with Gasteiger partial charge < -0.3 is 24.8 Å². The van der Waals surface area contributed by atoms with Crippen molar-refractivity contribution in [3.8, 4) is 23.0 Å². The summed E-state index contributed by atoms with van der Waals surface area (Å²) in [6.07, 6.45) is 0.452. The highest BCUT2D eigenvalue weighted by atomic mass is 16.5. The number of aliphatic hydroxyl groups excluding tert-OH is 1. The van der Waals surface area contributed by atoms with Crippen molar-refractivity contribution >= 4 is 0 Å². The first-order valence-electron chi connectivity index (χ1n) is 6.95. The van der Waals surface area contributed by atoms with E-state index >= 15 is 0 Å². The van der Waals surface area contributed by atoms with Crippen LogP contribution in [0.2, 0.25) is 0 Å². The fourth-order valence-electron chi connectivity index (χ4n) is 2.54. The van der Waals surface area contributed by atoms with Gasteiger partial charge in [0, 0.05) is 18.1 Å². The Morgan fingerprint density at radius 1 is 0.955 bits per heavy atom. The maximum atomic E-state index is 9.76. The van der Waals surface area contributed by atoms with Crippen molar-refractivity contribution in [2.45, 2.75) is 12.3 Å². The van der Waals surface area contributed by atoms with E-state index in [1.807, 2.05) is 0 Å². The molecule has 1 atom stereocenters. The molecule has 0 saturated carbocycles. The van der Waals surface area contributed by atoms with E-state index in [4.69, 9.17) is 9.47 Å². The minimum Gasteiger partial charge on any atom is -0.508 e. The number of phenols is 2. The van der Waals surface area contributed by atoms with Crippen molar-refractivity contribution in [1.82, 2.24) is 0 Å². The molecule has 1 unspecified atom stereocenters. The van der Waals surface area contributed by atoms with Crippen LogP contribution in [0, 0.1) is 0 Å². The van der Waals surface area contributed by atoms with Gasteiger partial charge in [-0.05, 0) is 42.3 Å². The molecule has 0 amide bonds. The van der Waals surface area contributed by atoms with Gasteiger partial charge in [-0.15, -0.1) is 0 Å². The zero-order valence-electron chi connectivity index (χ0n) is 12.6. The minimum absolute atomic E-state index is 0.0212. The number of hydrogen-bond donors (Lipinski definition) is 3. The molecular weight excluding hydrogens is 284 g/mol. The summed E-state index contributed by atoms with van der Waals surface area (Å²) in [5.74, 6) is 0.978. The maximum absolute atomic E-state index is 9.76. The van der Waals surface area contributed by atoms with Crippen molar-refractivity contribution < 1.29 is 24.8 Å². The van der Waals surface area contributed by atoms with Gasteiger partial charge in [0.1, 0.15) is 11.5 Å². The Hall–Kier alpha value is -2.40. The van der Waals surface area contributed by atoms with Gasteiger partial charge in [0.15, 0.2) is 11.5 Å². The largest absolute Gasteiger partial charge is 0.508 e. The molecule has 5 nitrogen and oxygen atoms in total. The predicted octanol–water partition coefficient (Wildman–Crippen LogP) is 2.63. The van der Waals surface area contributed by atoms with Crippen LogP contribution in [0.1, 0.15) is 23.5 Å². The maximum Gasteiger partial charge on any atom is 0.160 e. The quantitative estimate of drug-likeness (QED) is 0.764. The molecular formula is C17H20O5. The number of phenolic OH excluding ortho intramolecular Hbond substituents is 2. The van der Waals surface area contributed by atoms with Crippen molar-refractivity contribution in [3.63, 3.8) is 0 Å². The lowest BCUT2D eigenvalue weighted by Crippen LogP contribution is -2.06. The zero-order valence-corrected chi connectivity index (χ0v) is 12.6. The van der Waals surface area contributed by atoms with Crippen molar-refractivity contribution in [3.05, 3.63) is 47.5 Å². The first kappa shape index (κ1) is 16.0. The Morgan fingerprint density at radius 2 is 1.68 bits per heavy atom. The van der Waals surface area contributed by atoms with E-state index < -0.39 is 0 Å². The van der Waals surface area contributed by atoms with Crippen LogP contribution in [0.4, 0.5) is 0 Å². The summed E-state index contributed by atoms with van der Waals surface area (Å²) in [5, 5.41) is 28.9. The van der Waals surface area contributed by atoms with E-state index in [1.165, 1.54) is 7.11 Å². The van der Waals surface area contributed by atoms with Crippen molar-refractivity contribution in [2.75, 3.05) is 20.8 Å². The molecule has 22 heavy (non-hydrogen) atoms. The van der Waals surface area contributed by atoms with Gasteiger partial charge in [0.05, 0.1) is 14.2 Å². The summed E-state index contributed by atoms with van der Waals surface area (Å²) in [6, 6.07) is 9.90. The number of rotatable bonds is 6. The molecule has 0 aliphatic heterocycles. The Bertz CT molecular complexity index is 639. The second-order valence-electron chi connectivity index (χ2n) is 4.92. The smallest absolute Gasteiger partial charge is 0.160 e. The fraction of sp³-hybridized carbons (Fsp3) is 0.294. The number of methoxy groups -OCH3 is 2. The number of hydrogen-bond acceptors (Lipinski definition) is 5. The van der Waals surface area contributed by atoms with E-state index in [9.17, 15) is 15.3 Å². The molecule has 0 radical (unpaired) electrons. The predicted molar refractivity (Wildman–Crippen MR) is 82.9 cm³/mol. The lowest BCUT2D eigenvalue weighted by atomic mass is 9.87. The third kappa shape index (κ3) is 3.26. The van der Waals surface area contributed by atoms with E-state index in [2.05, 4.69) is 0 Å². The third-order valence-electron chi connectivity index (χ3n) is 3.61. The second-order valence-corrected chi connectivity index (χ2v) is 4.92. The number of aliphatic hydroxyl groups is 1. The molecule has 0 aromatic heterocycles. The standard InChI is InChI=1S/C17H20O5/c1-21-16-6-4-12(19)10-14(16)13(7-8-18)11-3-5-15(20)17(9-11)22-2/h3-6,9-10,13,18-20H,7-8H2,1-2H3. The molecule has 2 aromatic carbocycles.